The van der Waals surface area contributed by atoms with Crippen LogP contribution >= 0.6 is 0 Å². The van der Waals surface area contributed by atoms with Gasteiger partial charge in [0, 0.05) is 46.9 Å². The van der Waals surface area contributed by atoms with Crippen LogP contribution in [-0.4, -0.2) is 57.8 Å². The Balaban J connectivity index is 3.67. The average Bonchev–Trinajstić information content (AvgIpc) is 2.21. The molecule has 0 rings (SSSR count). The van der Waals surface area contributed by atoms with Crippen molar-refractivity contribution in [1.82, 2.24) is 4.90 Å². The molecule has 0 saturated carbocycles. The van der Waals surface area contributed by atoms with Crippen molar-refractivity contribution in [3.05, 3.63) is 0 Å². The Hall–Kier alpha value is -0.650. The monoisotopic (exact) mass is 217 g/mol. The van der Waals surface area contributed by atoms with Crippen molar-refractivity contribution >= 4 is 5.84 Å². The van der Waals surface area contributed by atoms with Gasteiger partial charge in [-0.1, -0.05) is 0 Å². The SMILES string of the molecule is COCCCN(CCOC)CCC(=N)N. The summed E-state index contributed by atoms with van der Waals surface area (Å²) in [6.07, 6.45) is 1.62. The first-order valence-corrected chi connectivity index (χ1v) is 5.23. The molecule has 0 aliphatic heterocycles. The van der Waals surface area contributed by atoms with Gasteiger partial charge in [0.25, 0.3) is 0 Å². The topological polar surface area (TPSA) is 71.6 Å². The van der Waals surface area contributed by atoms with E-state index >= 15 is 0 Å². The maximum Gasteiger partial charge on any atom is 0.0918 e. The summed E-state index contributed by atoms with van der Waals surface area (Å²) in [4.78, 5) is 2.24. The van der Waals surface area contributed by atoms with Gasteiger partial charge in [-0.05, 0) is 6.42 Å². The fourth-order valence-electron chi connectivity index (χ4n) is 1.27. The number of nitrogens with zero attached hydrogens (tertiary/aromatic N) is 1. The fourth-order valence-corrected chi connectivity index (χ4v) is 1.27. The molecule has 0 radical (unpaired) electrons. The third-order valence-electron chi connectivity index (χ3n) is 2.13. The van der Waals surface area contributed by atoms with E-state index in [1.807, 2.05) is 0 Å². The highest BCUT2D eigenvalue weighted by atomic mass is 16.5. The highest BCUT2D eigenvalue weighted by molar-refractivity contribution is 5.76. The zero-order valence-corrected chi connectivity index (χ0v) is 9.79. The number of nitrogens with two attached hydrogens (primary N) is 1. The lowest BCUT2D eigenvalue weighted by Crippen LogP contribution is -2.32. The first-order valence-electron chi connectivity index (χ1n) is 5.23. The van der Waals surface area contributed by atoms with Crippen molar-refractivity contribution in [2.75, 3.05) is 47.1 Å². The van der Waals surface area contributed by atoms with Crippen LogP contribution in [0.3, 0.4) is 0 Å². The van der Waals surface area contributed by atoms with Gasteiger partial charge in [0.2, 0.25) is 0 Å². The number of nitrogens with one attached hydrogen (secondary N) is 1. The lowest BCUT2D eigenvalue weighted by Gasteiger charge is -2.21. The number of ether oxygens (including phenoxy) is 2. The summed E-state index contributed by atoms with van der Waals surface area (Å²) in [7, 11) is 3.40. The molecule has 0 aliphatic carbocycles. The Morgan fingerprint density at radius 1 is 1.13 bits per heavy atom. The van der Waals surface area contributed by atoms with Gasteiger partial charge in [-0.2, -0.15) is 0 Å². The van der Waals surface area contributed by atoms with E-state index in [-0.39, 0.29) is 5.84 Å². The zero-order chi connectivity index (χ0) is 11.5. The summed E-state index contributed by atoms with van der Waals surface area (Å²) < 4.78 is 10.0. The first-order chi connectivity index (χ1) is 7.20. The smallest absolute Gasteiger partial charge is 0.0918 e. The van der Waals surface area contributed by atoms with Gasteiger partial charge in [0.1, 0.15) is 0 Å². The largest absolute Gasteiger partial charge is 0.388 e. The van der Waals surface area contributed by atoms with Crippen LogP contribution < -0.4 is 5.73 Å². The molecule has 0 unspecified atom stereocenters. The van der Waals surface area contributed by atoms with Crippen LogP contribution in [-0.2, 0) is 9.47 Å². The molecule has 0 saturated heterocycles. The van der Waals surface area contributed by atoms with Gasteiger partial charge in [-0.25, -0.2) is 0 Å². The van der Waals surface area contributed by atoms with Gasteiger partial charge in [0.15, 0.2) is 0 Å². The molecule has 0 bridgehead atoms. The van der Waals surface area contributed by atoms with E-state index < -0.39 is 0 Å². The van der Waals surface area contributed by atoms with Crippen molar-refractivity contribution in [2.45, 2.75) is 12.8 Å². The Labute approximate surface area is 92.0 Å². The summed E-state index contributed by atoms with van der Waals surface area (Å²) in [5.41, 5.74) is 5.32. The van der Waals surface area contributed by atoms with Crippen LogP contribution in [0.25, 0.3) is 0 Å². The van der Waals surface area contributed by atoms with Crippen LogP contribution in [0.2, 0.25) is 0 Å². The van der Waals surface area contributed by atoms with Crippen LogP contribution in [0.15, 0.2) is 0 Å². The van der Waals surface area contributed by atoms with E-state index in [0.29, 0.717) is 13.0 Å². The van der Waals surface area contributed by atoms with Crippen LogP contribution in [0.1, 0.15) is 12.8 Å². The number of hydrogen-bond acceptors (Lipinski definition) is 4. The minimum absolute atomic E-state index is 0.240. The molecule has 0 atom stereocenters. The molecular weight excluding hydrogens is 194 g/mol. The van der Waals surface area contributed by atoms with Gasteiger partial charge >= 0.3 is 0 Å². The lowest BCUT2D eigenvalue weighted by molar-refractivity contribution is 0.134. The van der Waals surface area contributed by atoms with Crippen molar-refractivity contribution < 1.29 is 9.47 Å². The molecule has 5 nitrogen and oxygen atoms in total. The normalized spacial score (nSPS) is 10.9. The van der Waals surface area contributed by atoms with Crippen molar-refractivity contribution in [1.29, 1.82) is 5.41 Å². The second-order valence-corrected chi connectivity index (χ2v) is 3.46. The number of rotatable bonds is 10. The summed E-state index contributed by atoms with van der Waals surface area (Å²) in [5, 5.41) is 7.17. The standard InChI is InChI=1S/C10H23N3O2/c1-14-8-3-5-13(7-9-15-2)6-4-10(11)12/h3-9H2,1-2H3,(H3,11,12). The van der Waals surface area contributed by atoms with E-state index in [0.717, 1.165) is 32.7 Å². The van der Waals surface area contributed by atoms with Crippen LogP contribution in [0.4, 0.5) is 0 Å². The van der Waals surface area contributed by atoms with E-state index in [1.54, 1.807) is 14.2 Å². The Bertz CT molecular complexity index is 165. The third-order valence-corrected chi connectivity index (χ3v) is 2.13. The molecule has 15 heavy (non-hydrogen) atoms. The predicted octanol–water partition coefficient (Wildman–Crippen LogP) is 0.297. The first kappa shape index (κ1) is 14.3. The van der Waals surface area contributed by atoms with Crippen molar-refractivity contribution in [3.8, 4) is 0 Å². The van der Waals surface area contributed by atoms with Crippen LogP contribution in [0, 0.1) is 5.41 Å². The maximum absolute atomic E-state index is 7.17. The molecule has 0 amide bonds. The summed E-state index contributed by atoms with van der Waals surface area (Å²) in [6.45, 7) is 4.15. The van der Waals surface area contributed by atoms with E-state index in [2.05, 4.69) is 4.90 Å². The predicted molar refractivity (Wildman–Crippen MR) is 61.3 cm³/mol. The zero-order valence-electron chi connectivity index (χ0n) is 9.79. The second kappa shape index (κ2) is 9.89. The number of methoxy groups -OCH3 is 2. The molecule has 0 spiro atoms. The van der Waals surface area contributed by atoms with Gasteiger partial charge < -0.3 is 20.1 Å². The highest BCUT2D eigenvalue weighted by Crippen LogP contribution is 1.95. The quantitative estimate of drug-likeness (QED) is 0.313. The Kier molecular flexibility index (Phi) is 9.46. The molecule has 0 aromatic heterocycles. The highest BCUT2D eigenvalue weighted by Gasteiger charge is 2.04. The fraction of sp³-hybridized carbons (Fsp3) is 0.900. The molecule has 0 heterocycles. The van der Waals surface area contributed by atoms with E-state index in [4.69, 9.17) is 20.6 Å². The summed E-state index contributed by atoms with van der Waals surface area (Å²) in [6, 6.07) is 0. The average molecular weight is 217 g/mol. The minimum Gasteiger partial charge on any atom is -0.388 e. The Morgan fingerprint density at radius 2 is 1.80 bits per heavy atom. The van der Waals surface area contributed by atoms with Crippen molar-refractivity contribution in [3.63, 3.8) is 0 Å². The van der Waals surface area contributed by atoms with Gasteiger partial charge in [0.05, 0.1) is 12.4 Å². The molecule has 3 N–H and O–H groups in total. The minimum atomic E-state index is 0.240. The summed E-state index contributed by atoms with van der Waals surface area (Å²) >= 11 is 0. The lowest BCUT2D eigenvalue weighted by atomic mass is 10.3. The molecule has 5 heteroatoms. The third kappa shape index (κ3) is 9.65. The molecule has 0 aromatic carbocycles. The number of amidine groups is 1. The van der Waals surface area contributed by atoms with Crippen LogP contribution in [0.5, 0.6) is 0 Å². The van der Waals surface area contributed by atoms with E-state index in [1.165, 1.54) is 0 Å². The van der Waals surface area contributed by atoms with E-state index in [9.17, 15) is 0 Å². The van der Waals surface area contributed by atoms with Crippen molar-refractivity contribution in [2.24, 2.45) is 5.73 Å². The molecule has 0 aliphatic rings. The molecule has 0 aromatic rings. The molecule has 90 valence electrons. The Morgan fingerprint density at radius 3 is 2.33 bits per heavy atom. The number of hydrogen-bond donors (Lipinski definition) is 2. The van der Waals surface area contributed by atoms with Gasteiger partial charge in [-0.3, -0.25) is 5.41 Å². The summed E-state index contributed by atoms with van der Waals surface area (Å²) in [5.74, 6) is 0.240. The molecular formula is C10H23N3O2. The molecule has 0 fully saturated rings. The van der Waals surface area contributed by atoms with Gasteiger partial charge in [-0.15, -0.1) is 0 Å². The second-order valence-electron chi connectivity index (χ2n) is 3.46. The maximum atomic E-state index is 7.17.